The van der Waals surface area contributed by atoms with E-state index in [4.69, 9.17) is 4.74 Å². The number of phenolic OH excluding ortho intramolecular Hbond substituents is 1. The molecule has 0 spiro atoms. The second-order valence-electron chi connectivity index (χ2n) is 7.86. The first-order valence-electron chi connectivity index (χ1n) is 10.8. The summed E-state index contributed by atoms with van der Waals surface area (Å²) in [5, 5.41) is 11.9. The molecule has 0 aliphatic carbocycles. The molecule has 0 atom stereocenters. The van der Waals surface area contributed by atoms with E-state index in [2.05, 4.69) is 92.5 Å². The van der Waals surface area contributed by atoms with Crippen LogP contribution in [0.25, 0.3) is 41.1 Å². The van der Waals surface area contributed by atoms with Crippen LogP contribution in [-0.2, 0) is 0 Å². The van der Waals surface area contributed by atoms with Crippen LogP contribution in [0.2, 0.25) is 0 Å². The number of ether oxygens (including phenoxy) is 1. The van der Waals surface area contributed by atoms with Gasteiger partial charge in [0.25, 0.3) is 0 Å². The third-order valence-electron chi connectivity index (χ3n) is 5.49. The number of methoxy groups -OCH3 is 1. The van der Waals surface area contributed by atoms with Crippen molar-refractivity contribution in [2.75, 3.05) is 7.11 Å². The predicted molar refractivity (Wildman–Crippen MR) is 158 cm³/mol. The molecule has 174 valence electrons. The lowest BCUT2D eigenvalue weighted by molar-refractivity contribution is 0.415. The van der Waals surface area contributed by atoms with E-state index in [-0.39, 0.29) is 0 Å². The van der Waals surface area contributed by atoms with Crippen molar-refractivity contribution in [2.24, 2.45) is 0 Å². The SMILES string of the molecule is COc1ccc2cc(-c3ccc(Br)cc3)sc2c1.Oc1ccc2cc(-c3ccc(Br)cc3)sc2c1. The van der Waals surface area contributed by atoms with E-state index in [1.807, 2.05) is 30.3 Å². The lowest BCUT2D eigenvalue weighted by Gasteiger charge is -1.97. The van der Waals surface area contributed by atoms with Crippen LogP contribution in [-0.4, -0.2) is 12.2 Å². The van der Waals surface area contributed by atoms with Crippen molar-refractivity contribution >= 4 is 74.7 Å². The smallest absolute Gasteiger partial charge is 0.120 e. The Bertz CT molecular complexity index is 1600. The van der Waals surface area contributed by atoms with Gasteiger partial charge in [0.1, 0.15) is 11.5 Å². The molecule has 0 amide bonds. The lowest BCUT2D eigenvalue weighted by Crippen LogP contribution is -1.79. The summed E-state index contributed by atoms with van der Waals surface area (Å²) in [6, 6.07) is 32.7. The summed E-state index contributed by atoms with van der Waals surface area (Å²) >= 11 is 10.4. The lowest BCUT2D eigenvalue weighted by atomic mass is 10.1. The number of fused-ring (bicyclic) bond motifs is 2. The van der Waals surface area contributed by atoms with Gasteiger partial charge in [-0.25, -0.2) is 0 Å². The molecule has 6 heteroatoms. The average Bonchev–Trinajstić information content (AvgIpc) is 3.48. The number of thiophene rings is 2. The van der Waals surface area contributed by atoms with Crippen molar-refractivity contribution in [2.45, 2.75) is 0 Å². The third kappa shape index (κ3) is 5.62. The predicted octanol–water partition coefficient (Wildman–Crippen LogP) is 10.4. The van der Waals surface area contributed by atoms with Crippen molar-refractivity contribution in [3.63, 3.8) is 0 Å². The normalized spacial score (nSPS) is 10.8. The van der Waals surface area contributed by atoms with Gasteiger partial charge < -0.3 is 9.84 Å². The van der Waals surface area contributed by atoms with Gasteiger partial charge >= 0.3 is 0 Å². The second kappa shape index (κ2) is 10.5. The number of benzene rings is 4. The quantitative estimate of drug-likeness (QED) is 0.212. The molecule has 2 aromatic heterocycles. The van der Waals surface area contributed by atoms with E-state index in [1.54, 1.807) is 35.8 Å². The van der Waals surface area contributed by atoms with Crippen molar-refractivity contribution in [3.05, 3.63) is 106 Å². The molecule has 4 aromatic carbocycles. The Morgan fingerprint density at radius 3 is 1.60 bits per heavy atom. The summed E-state index contributed by atoms with van der Waals surface area (Å²) in [4.78, 5) is 2.50. The molecule has 0 radical (unpaired) electrons. The molecule has 0 bridgehead atoms. The van der Waals surface area contributed by atoms with Crippen LogP contribution in [0.15, 0.2) is 106 Å². The molecule has 0 saturated heterocycles. The minimum absolute atomic E-state index is 0.321. The monoisotopic (exact) mass is 622 g/mol. The minimum Gasteiger partial charge on any atom is -0.508 e. The highest BCUT2D eigenvalue weighted by molar-refractivity contribution is 9.10. The summed E-state index contributed by atoms with van der Waals surface area (Å²) in [7, 11) is 1.70. The summed E-state index contributed by atoms with van der Waals surface area (Å²) < 4.78 is 9.81. The van der Waals surface area contributed by atoms with E-state index in [0.717, 1.165) is 19.4 Å². The van der Waals surface area contributed by atoms with Crippen LogP contribution in [0.3, 0.4) is 0 Å². The van der Waals surface area contributed by atoms with E-state index < -0.39 is 0 Å². The molecule has 35 heavy (non-hydrogen) atoms. The molecule has 0 saturated carbocycles. The van der Waals surface area contributed by atoms with Gasteiger partial charge in [-0.15, -0.1) is 22.7 Å². The highest BCUT2D eigenvalue weighted by Gasteiger charge is 2.06. The van der Waals surface area contributed by atoms with Crippen molar-refractivity contribution in [1.29, 1.82) is 0 Å². The van der Waals surface area contributed by atoms with Gasteiger partial charge in [-0.1, -0.05) is 56.1 Å². The zero-order valence-corrected chi connectivity index (χ0v) is 23.5. The Labute approximate surface area is 228 Å². The fourth-order valence-corrected chi connectivity index (χ4v) is 6.40. The maximum atomic E-state index is 9.45. The summed E-state index contributed by atoms with van der Waals surface area (Å²) in [6.45, 7) is 0. The van der Waals surface area contributed by atoms with Gasteiger partial charge in [0.15, 0.2) is 0 Å². The zero-order valence-electron chi connectivity index (χ0n) is 18.7. The fraction of sp³-hybridized carbons (Fsp3) is 0.0345. The first-order chi connectivity index (χ1) is 17.0. The minimum atomic E-state index is 0.321. The van der Waals surface area contributed by atoms with E-state index in [1.165, 1.54) is 36.4 Å². The number of hydrogen-bond donors (Lipinski definition) is 1. The summed E-state index contributed by atoms with van der Waals surface area (Å²) in [5.41, 5.74) is 2.45. The van der Waals surface area contributed by atoms with Crippen molar-refractivity contribution < 1.29 is 9.84 Å². The molecular formula is C29H20Br2O2S2. The molecule has 2 nitrogen and oxygen atoms in total. The van der Waals surface area contributed by atoms with Gasteiger partial charge in [0, 0.05) is 28.1 Å². The average molecular weight is 624 g/mol. The van der Waals surface area contributed by atoms with Crippen molar-refractivity contribution in [3.8, 4) is 32.4 Å². The fourth-order valence-electron chi connectivity index (χ4n) is 3.67. The number of rotatable bonds is 3. The van der Waals surface area contributed by atoms with E-state index in [0.29, 0.717) is 5.75 Å². The first kappa shape index (κ1) is 24.1. The number of aromatic hydroxyl groups is 1. The Kier molecular flexibility index (Phi) is 7.25. The zero-order chi connectivity index (χ0) is 24.4. The molecular weight excluding hydrogens is 604 g/mol. The van der Waals surface area contributed by atoms with Gasteiger partial charge in [0.2, 0.25) is 0 Å². The highest BCUT2D eigenvalue weighted by atomic mass is 79.9. The molecule has 6 rings (SSSR count). The van der Waals surface area contributed by atoms with Crippen LogP contribution in [0.4, 0.5) is 0 Å². The maximum absolute atomic E-state index is 9.45. The van der Waals surface area contributed by atoms with E-state index >= 15 is 0 Å². The van der Waals surface area contributed by atoms with Crippen molar-refractivity contribution in [1.82, 2.24) is 0 Å². The number of hydrogen-bond acceptors (Lipinski definition) is 4. The maximum Gasteiger partial charge on any atom is 0.120 e. The Morgan fingerprint density at radius 2 is 1.09 bits per heavy atom. The number of halogens is 2. The Hall–Kier alpha value is -2.64. The molecule has 2 heterocycles. The van der Waals surface area contributed by atoms with Gasteiger partial charge in [0.05, 0.1) is 7.11 Å². The van der Waals surface area contributed by atoms with Crippen LogP contribution in [0, 0.1) is 0 Å². The van der Waals surface area contributed by atoms with Crippen LogP contribution in [0.5, 0.6) is 11.5 Å². The standard InChI is InChI=1S/C15H11BrOS.C14H9BrOS/c1-17-13-7-4-11-8-14(18-15(11)9-13)10-2-5-12(16)6-3-10;15-11-4-1-9(2-5-11)13-7-10-3-6-12(16)8-14(10)17-13/h2-9H,1H3;1-8,16H. The van der Waals surface area contributed by atoms with Gasteiger partial charge in [-0.05, 0) is 94.7 Å². The van der Waals surface area contributed by atoms with E-state index in [9.17, 15) is 5.11 Å². The highest BCUT2D eigenvalue weighted by Crippen LogP contribution is 2.36. The first-order valence-corrected chi connectivity index (χ1v) is 14.0. The van der Waals surface area contributed by atoms with Crippen LogP contribution in [0.1, 0.15) is 0 Å². The second-order valence-corrected chi connectivity index (χ2v) is 11.9. The molecule has 6 aromatic rings. The summed E-state index contributed by atoms with van der Waals surface area (Å²) in [5.74, 6) is 1.23. The molecule has 0 fully saturated rings. The third-order valence-corrected chi connectivity index (χ3v) is 8.84. The van der Waals surface area contributed by atoms with Gasteiger partial charge in [-0.2, -0.15) is 0 Å². The Morgan fingerprint density at radius 1 is 0.600 bits per heavy atom. The largest absolute Gasteiger partial charge is 0.508 e. The molecule has 0 aliphatic rings. The summed E-state index contributed by atoms with van der Waals surface area (Å²) in [6.07, 6.45) is 0. The van der Waals surface area contributed by atoms with Crippen LogP contribution >= 0.6 is 54.5 Å². The molecule has 1 N–H and O–H groups in total. The van der Waals surface area contributed by atoms with Crippen LogP contribution < -0.4 is 4.74 Å². The molecule has 0 unspecified atom stereocenters. The number of phenols is 1. The molecule has 0 aliphatic heterocycles. The van der Waals surface area contributed by atoms with Gasteiger partial charge in [-0.3, -0.25) is 0 Å². The topological polar surface area (TPSA) is 29.5 Å². The Balaban J connectivity index is 0.000000145.